The van der Waals surface area contributed by atoms with Gasteiger partial charge in [-0.1, -0.05) is 30.6 Å². The average Bonchev–Trinajstić information content (AvgIpc) is 3.06. The molecule has 0 fully saturated rings. The van der Waals surface area contributed by atoms with Crippen LogP contribution in [0.2, 0.25) is 5.02 Å². The predicted molar refractivity (Wildman–Crippen MR) is 100 cm³/mol. The highest BCUT2D eigenvalue weighted by molar-refractivity contribution is 6.30. The van der Waals surface area contributed by atoms with Crippen molar-refractivity contribution in [3.8, 4) is 5.75 Å². The molecule has 1 heterocycles. The summed E-state index contributed by atoms with van der Waals surface area (Å²) in [5.74, 6) is 2.58. The van der Waals surface area contributed by atoms with Crippen molar-refractivity contribution in [3.63, 3.8) is 0 Å². The van der Waals surface area contributed by atoms with Crippen LogP contribution in [0.4, 0.5) is 0 Å². The highest BCUT2D eigenvalue weighted by Crippen LogP contribution is 2.16. The molecule has 0 saturated heterocycles. The first-order valence-corrected chi connectivity index (χ1v) is 8.68. The van der Waals surface area contributed by atoms with E-state index in [0.717, 1.165) is 17.2 Å². The molecule has 0 saturated carbocycles. The van der Waals surface area contributed by atoms with Crippen LogP contribution in [0.3, 0.4) is 0 Å². The Morgan fingerprint density at radius 1 is 1.24 bits per heavy atom. The van der Waals surface area contributed by atoms with Gasteiger partial charge in [0.25, 0.3) is 0 Å². The molecule has 0 bridgehead atoms. The van der Waals surface area contributed by atoms with Crippen molar-refractivity contribution >= 4 is 17.6 Å². The molecule has 1 unspecified atom stereocenters. The molecular formula is C18H25ClN4O2. The highest BCUT2D eigenvalue weighted by atomic mass is 35.5. The Bertz CT molecular complexity index is 683. The van der Waals surface area contributed by atoms with E-state index < -0.39 is 0 Å². The standard InChI is InChI=1S/C18H25ClN4O2/c1-12(2)17-9-16(25-23-17)11-22-18(20-4)21-10-13(3)24-15-7-5-14(19)6-8-15/h5-9,12-13H,10-11H2,1-4H3,(H2,20,21,22). The van der Waals surface area contributed by atoms with Gasteiger partial charge in [0, 0.05) is 18.1 Å². The summed E-state index contributed by atoms with van der Waals surface area (Å²) in [7, 11) is 1.72. The molecule has 0 amide bonds. The van der Waals surface area contributed by atoms with Gasteiger partial charge < -0.3 is 19.9 Å². The van der Waals surface area contributed by atoms with Crippen molar-refractivity contribution < 1.29 is 9.26 Å². The molecule has 7 heteroatoms. The minimum atomic E-state index is -0.0300. The highest BCUT2D eigenvalue weighted by Gasteiger charge is 2.09. The van der Waals surface area contributed by atoms with Crippen LogP contribution in [0.5, 0.6) is 5.75 Å². The normalized spacial score (nSPS) is 13.0. The van der Waals surface area contributed by atoms with Gasteiger partial charge >= 0.3 is 0 Å². The summed E-state index contributed by atoms with van der Waals surface area (Å²) in [6.45, 7) is 7.28. The molecule has 0 radical (unpaired) electrons. The van der Waals surface area contributed by atoms with Gasteiger partial charge in [-0.15, -0.1) is 0 Å². The van der Waals surface area contributed by atoms with Gasteiger partial charge in [0.1, 0.15) is 11.9 Å². The maximum atomic E-state index is 5.87. The van der Waals surface area contributed by atoms with E-state index in [2.05, 4.69) is 34.6 Å². The van der Waals surface area contributed by atoms with E-state index in [-0.39, 0.29) is 6.10 Å². The monoisotopic (exact) mass is 364 g/mol. The molecule has 0 aliphatic rings. The number of ether oxygens (including phenoxy) is 1. The molecule has 136 valence electrons. The molecule has 2 N–H and O–H groups in total. The lowest BCUT2D eigenvalue weighted by molar-refractivity contribution is 0.224. The SMILES string of the molecule is CN=C(NCc1cc(C(C)C)no1)NCC(C)Oc1ccc(Cl)cc1. The molecule has 0 spiro atoms. The van der Waals surface area contributed by atoms with Gasteiger partial charge in [-0.3, -0.25) is 4.99 Å². The molecule has 1 aromatic heterocycles. The largest absolute Gasteiger partial charge is 0.489 e. The van der Waals surface area contributed by atoms with Crippen LogP contribution in [-0.2, 0) is 6.54 Å². The van der Waals surface area contributed by atoms with Crippen LogP contribution >= 0.6 is 11.6 Å². The van der Waals surface area contributed by atoms with Gasteiger partial charge in [0.2, 0.25) is 0 Å². The van der Waals surface area contributed by atoms with E-state index >= 15 is 0 Å². The number of aliphatic imine (C=N–C) groups is 1. The molecule has 2 aromatic rings. The Labute approximate surface area is 153 Å². The van der Waals surface area contributed by atoms with Crippen molar-refractivity contribution in [2.24, 2.45) is 4.99 Å². The lowest BCUT2D eigenvalue weighted by Gasteiger charge is -2.17. The topological polar surface area (TPSA) is 71.7 Å². The van der Waals surface area contributed by atoms with Gasteiger partial charge in [-0.05, 0) is 37.1 Å². The summed E-state index contributed by atoms with van der Waals surface area (Å²) < 4.78 is 11.1. The third-order valence-electron chi connectivity index (χ3n) is 3.53. The van der Waals surface area contributed by atoms with Crippen molar-refractivity contribution in [2.75, 3.05) is 13.6 Å². The van der Waals surface area contributed by atoms with Crippen LogP contribution in [0.15, 0.2) is 39.8 Å². The number of nitrogens with one attached hydrogen (secondary N) is 2. The van der Waals surface area contributed by atoms with Crippen LogP contribution in [0.1, 0.15) is 38.1 Å². The molecule has 25 heavy (non-hydrogen) atoms. The minimum Gasteiger partial charge on any atom is -0.489 e. The third-order valence-corrected chi connectivity index (χ3v) is 3.78. The van der Waals surface area contributed by atoms with E-state index in [1.807, 2.05) is 25.1 Å². The number of hydrogen-bond donors (Lipinski definition) is 2. The fourth-order valence-corrected chi connectivity index (χ4v) is 2.23. The summed E-state index contributed by atoms with van der Waals surface area (Å²) in [6.07, 6.45) is -0.0300. The number of aromatic nitrogens is 1. The second-order valence-electron chi connectivity index (χ2n) is 6.06. The first-order chi connectivity index (χ1) is 12.0. The fraction of sp³-hybridized carbons (Fsp3) is 0.444. The lowest BCUT2D eigenvalue weighted by atomic mass is 10.1. The average molecular weight is 365 g/mol. The summed E-state index contributed by atoms with van der Waals surface area (Å²) in [6, 6.07) is 9.27. The number of guanidine groups is 1. The Kier molecular flexibility index (Phi) is 7.13. The number of halogens is 1. The van der Waals surface area contributed by atoms with Crippen molar-refractivity contribution in [3.05, 3.63) is 46.8 Å². The number of rotatable bonds is 7. The Morgan fingerprint density at radius 2 is 1.96 bits per heavy atom. The molecule has 2 rings (SSSR count). The molecular weight excluding hydrogens is 340 g/mol. The molecule has 1 aromatic carbocycles. The second-order valence-corrected chi connectivity index (χ2v) is 6.50. The molecule has 0 aliphatic carbocycles. The molecule has 6 nitrogen and oxygen atoms in total. The van der Waals surface area contributed by atoms with Crippen LogP contribution in [0.25, 0.3) is 0 Å². The smallest absolute Gasteiger partial charge is 0.191 e. The number of benzene rings is 1. The van der Waals surface area contributed by atoms with Crippen molar-refractivity contribution in [2.45, 2.75) is 39.3 Å². The van der Waals surface area contributed by atoms with E-state index in [4.69, 9.17) is 20.9 Å². The Balaban J connectivity index is 1.76. The number of nitrogens with zero attached hydrogens (tertiary/aromatic N) is 2. The van der Waals surface area contributed by atoms with Gasteiger partial charge in [-0.2, -0.15) is 0 Å². The van der Waals surface area contributed by atoms with Crippen LogP contribution in [0, 0.1) is 0 Å². The predicted octanol–water partition coefficient (Wildman–Crippen LogP) is 3.58. The van der Waals surface area contributed by atoms with E-state index in [9.17, 15) is 0 Å². The van der Waals surface area contributed by atoms with Crippen LogP contribution in [-0.4, -0.2) is 30.8 Å². The van der Waals surface area contributed by atoms with Crippen molar-refractivity contribution in [1.29, 1.82) is 0 Å². The van der Waals surface area contributed by atoms with Crippen molar-refractivity contribution in [1.82, 2.24) is 15.8 Å². The molecule has 1 atom stereocenters. The van der Waals surface area contributed by atoms with Gasteiger partial charge in [0.05, 0.1) is 18.8 Å². The zero-order valence-corrected chi connectivity index (χ0v) is 15.8. The third kappa shape index (κ3) is 6.31. The number of hydrogen-bond acceptors (Lipinski definition) is 4. The minimum absolute atomic E-state index is 0.0300. The quantitative estimate of drug-likeness (QED) is 0.580. The van der Waals surface area contributed by atoms with Gasteiger partial charge in [-0.25, -0.2) is 0 Å². The summed E-state index contributed by atoms with van der Waals surface area (Å²) in [4.78, 5) is 4.19. The zero-order chi connectivity index (χ0) is 18.2. The summed E-state index contributed by atoms with van der Waals surface area (Å²) in [5.41, 5.74) is 0.949. The van der Waals surface area contributed by atoms with Crippen LogP contribution < -0.4 is 15.4 Å². The first kappa shape index (κ1) is 19.1. The zero-order valence-electron chi connectivity index (χ0n) is 15.0. The Hall–Kier alpha value is -2.21. The fourth-order valence-electron chi connectivity index (χ4n) is 2.10. The van der Waals surface area contributed by atoms with Gasteiger partial charge in [0.15, 0.2) is 11.7 Å². The summed E-state index contributed by atoms with van der Waals surface area (Å²) >= 11 is 5.87. The lowest BCUT2D eigenvalue weighted by Crippen LogP contribution is -2.41. The maximum absolute atomic E-state index is 5.87. The second kappa shape index (κ2) is 9.32. The molecule has 0 aliphatic heterocycles. The first-order valence-electron chi connectivity index (χ1n) is 8.30. The van der Waals surface area contributed by atoms with E-state index in [0.29, 0.717) is 30.0 Å². The maximum Gasteiger partial charge on any atom is 0.191 e. The summed E-state index contributed by atoms with van der Waals surface area (Å²) in [5, 5.41) is 11.2. The van der Waals surface area contributed by atoms with E-state index in [1.165, 1.54) is 0 Å². The van der Waals surface area contributed by atoms with E-state index in [1.54, 1.807) is 19.2 Å². The Morgan fingerprint density at radius 3 is 2.56 bits per heavy atom.